The Morgan fingerprint density at radius 3 is 2.31 bits per heavy atom. The first-order chi connectivity index (χ1) is 17.1. The van der Waals surface area contributed by atoms with E-state index in [9.17, 15) is 4.79 Å². The van der Waals surface area contributed by atoms with E-state index in [2.05, 4.69) is 51.7 Å². The van der Waals surface area contributed by atoms with E-state index in [4.69, 9.17) is 4.74 Å². The number of nitrogens with one attached hydrogen (secondary N) is 2. The Morgan fingerprint density at radius 1 is 0.800 bits per heavy atom. The summed E-state index contributed by atoms with van der Waals surface area (Å²) in [6, 6.07) is 27.9. The standard InChI is InChI=1S/C29H30N4O2/c1-32-16-18-33(19-17-32)27-20-22(14-15-28(27)35-2)30-29(34)31-26-13-7-11-24-23(10-6-12-25(24)26)21-8-4-3-5-9-21/h3-15,20H,16-19H2,1-2H3,(H2,30,31,34). The van der Waals surface area contributed by atoms with Crippen molar-refractivity contribution >= 4 is 33.9 Å². The number of methoxy groups -OCH3 is 1. The molecule has 6 heteroatoms. The van der Waals surface area contributed by atoms with Crippen LogP contribution >= 0.6 is 0 Å². The van der Waals surface area contributed by atoms with Gasteiger partial charge in [-0.15, -0.1) is 0 Å². The van der Waals surface area contributed by atoms with Gasteiger partial charge in [-0.25, -0.2) is 4.79 Å². The number of anilines is 3. The van der Waals surface area contributed by atoms with E-state index in [0.717, 1.165) is 70.9 Å². The van der Waals surface area contributed by atoms with E-state index in [1.54, 1.807) is 7.11 Å². The van der Waals surface area contributed by atoms with Gasteiger partial charge in [0.15, 0.2) is 0 Å². The summed E-state index contributed by atoms with van der Waals surface area (Å²) < 4.78 is 5.59. The summed E-state index contributed by atoms with van der Waals surface area (Å²) in [6.07, 6.45) is 0. The Kier molecular flexibility index (Phi) is 6.55. The van der Waals surface area contributed by atoms with E-state index < -0.39 is 0 Å². The quantitative estimate of drug-likeness (QED) is 0.384. The maximum Gasteiger partial charge on any atom is 0.323 e. The lowest BCUT2D eigenvalue weighted by molar-refractivity contribution is 0.262. The van der Waals surface area contributed by atoms with Gasteiger partial charge in [-0.05, 0) is 47.8 Å². The third-order valence-corrected chi connectivity index (χ3v) is 6.54. The Bertz CT molecular complexity index is 1330. The Balaban J connectivity index is 1.37. The SMILES string of the molecule is COc1ccc(NC(=O)Nc2cccc3c(-c4ccccc4)cccc23)cc1N1CCN(C)CC1. The topological polar surface area (TPSA) is 56.8 Å². The Labute approximate surface area is 206 Å². The highest BCUT2D eigenvalue weighted by atomic mass is 16.5. The van der Waals surface area contributed by atoms with Crippen LogP contribution in [0.4, 0.5) is 21.9 Å². The Hall–Kier alpha value is -4.03. The fourth-order valence-corrected chi connectivity index (χ4v) is 4.64. The smallest absolute Gasteiger partial charge is 0.323 e. The summed E-state index contributed by atoms with van der Waals surface area (Å²) in [4.78, 5) is 17.6. The van der Waals surface area contributed by atoms with Crippen molar-refractivity contribution in [2.45, 2.75) is 0 Å². The van der Waals surface area contributed by atoms with Crippen LogP contribution < -0.4 is 20.3 Å². The van der Waals surface area contributed by atoms with Crippen LogP contribution in [0.1, 0.15) is 0 Å². The van der Waals surface area contributed by atoms with Gasteiger partial charge >= 0.3 is 6.03 Å². The first-order valence-electron chi connectivity index (χ1n) is 11.9. The number of hydrogen-bond acceptors (Lipinski definition) is 4. The molecular weight excluding hydrogens is 436 g/mol. The molecule has 0 aliphatic carbocycles. The number of piperazine rings is 1. The molecule has 1 saturated heterocycles. The molecule has 0 unspecified atom stereocenters. The van der Waals surface area contributed by atoms with Gasteiger partial charge in [0, 0.05) is 37.3 Å². The number of likely N-dealkylation sites (N-methyl/N-ethyl adjacent to an activating group) is 1. The first-order valence-corrected chi connectivity index (χ1v) is 11.9. The highest BCUT2D eigenvalue weighted by molar-refractivity contribution is 6.09. The molecule has 4 aromatic rings. The van der Waals surface area contributed by atoms with E-state index >= 15 is 0 Å². The fraction of sp³-hybridized carbons (Fsp3) is 0.207. The van der Waals surface area contributed by atoms with Crippen LogP contribution in [0.3, 0.4) is 0 Å². The molecule has 0 aromatic heterocycles. The maximum absolute atomic E-state index is 13.0. The molecule has 6 nitrogen and oxygen atoms in total. The molecule has 0 bridgehead atoms. The predicted molar refractivity (Wildman–Crippen MR) is 145 cm³/mol. The molecule has 5 rings (SSSR count). The second-order valence-electron chi connectivity index (χ2n) is 8.83. The number of rotatable bonds is 5. The van der Waals surface area contributed by atoms with Crippen LogP contribution in [0, 0.1) is 0 Å². The van der Waals surface area contributed by atoms with Crippen LogP contribution in [0.5, 0.6) is 5.75 Å². The summed E-state index contributed by atoms with van der Waals surface area (Å²) in [6.45, 7) is 3.82. The van der Waals surface area contributed by atoms with E-state index in [1.807, 2.05) is 60.7 Å². The number of ether oxygens (including phenoxy) is 1. The van der Waals surface area contributed by atoms with Gasteiger partial charge < -0.3 is 25.2 Å². The average molecular weight is 467 g/mol. The first kappa shape index (κ1) is 22.7. The maximum atomic E-state index is 13.0. The predicted octanol–water partition coefficient (Wildman–Crippen LogP) is 5.91. The number of urea groups is 1. The number of amides is 2. The van der Waals surface area contributed by atoms with Crippen LogP contribution in [0.2, 0.25) is 0 Å². The van der Waals surface area contributed by atoms with Crippen LogP contribution in [-0.4, -0.2) is 51.3 Å². The largest absolute Gasteiger partial charge is 0.495 e. The zero-order chi connectivity index (χ0) is 24.2. The highest BCUT2D eigenvalue weighted by Gasteiger charge is 2.18. The molecule has 0 spiro atoms. The van der Waals surface area contributed by atoms with Gasteiger partial charge in [0.1, 0.15) is 5.75 Å². The molecule has 0 saturated carbocycles. The molecular formula is C29H30N4O2. The summed E-state index contributed by atoms with van der Waals surface area (Å²) in [7, 11) is 3.81. The van der Waals surface area contributed by atoms with Crippen molar-refractivity contribution in [1.29, 1.82) is 0 Å². The number of hydrogen-bond donors (Lipinski definition) is 2. The number of fused-ring (bicyclic) bond motifs is 1. The number of carbonyl (C=O) groups is 1. The minimum Gasteiger partial charge on any atom is -0.495 e. The molecule has 1 aliphatic heterocycles. The third kappa shape index (κ3) is 4.93. The van der Waals surface area contributed by atoms with E-state index in [0.29, 0.717) is 0 Å². The van der Waals surface area contributed by atoms with Crippen molar-refractivity contribution in [1.82, 2.24) is 4.90 Å². The van der Waals surface area contributed by atoms with Crippen molar-refractivity contribution in [2.75, 3.05) is 55.9 Å². The van der Waals surface area contributed by atoms with Gasteiger partial charge in [0.05, 0.1) is 18.5 Å². The van der Waals surface area contributed by atoms with Crippen LogP contribution in [0.25, 0.3) is 21.9 Å². The van der Waals surface area contributed by atoms with Crippen molar-refractivity contribution in [3.05, 3.63) is 84.9 Å². The van der Waals surface area contributed by atoms with Crippen molar-refractivity contribution < 1.29 is 9.53 Å². The van der Waals surface area contributed by atoms with Gasteiger partial charge in [-0.1, -0.05) is 60.7 Å². The third-order valence-electron chi connectivity index (χ3n) is 6.54. The summed E-state index contributed by atoms with van der Waals surface area (Å²) in [5.41, 5.74) is 4.78. The molecule has 1 fully saturated rings. The van der Waals surface area contributed by atoms with Crippen molar-refractivity contribution in [3.8, 4) is 16.9 Å². The summed E-state index contributed by atoms with van der Waals surface area (Å²) in [5, 5.41) is 8.13. The molecule has 2 amide bonds. The minimum atomic E-state index is -0.280. The fourth-order valence-electron chi connectivity index (χ4n) is 4.64. The lowest BCUT2D eigenvalue weighted by Gasteiger charge is -2.34. The van der Waals surface area contributed by atoms with Crippen LogP contribution in [0.15, 0.2) is 84.9 Å². The Morgan fingerprint density at radius 2 is 1.54 bits per heavy atom. The molecule has 1 aliphatic rings. The molecule has 4 aromatic carbocycles. The molecule has 35 heavy (non-hydrogen) atoms. The summed E-state index contributed by atoms with van der Waals surface area (Å²) >= 11 is 0. The average Bonchev–Trinajstić information content (AvgIpc) is 2.89. The van der Waals surface area contributed by atoms with Gasteiger partial charge in [-0.2, -0.15) is 0 Å². The normalized spacial score (nSPS) is 14.1. The monoisotopic (exact) mass is 466 g/mol. The lowest BCUT2D eigenvalue weighted by Crippen LogP contribution is -2.44. The molecule has 178 valence electrons. The van der Waals surface area contributed by atoms with E-state index in [-0.39, 0.29) is 6.03 Å². The molecule has 0 atom stereocenters. The van der Waals surface area contributed by atoms with Gasteiger partial charge in [0.25, 0.3) is 0 Å². The van der Waals surface area contributed by atoms with Crippen molar-refractivity contribution in [2.24, 2.45) is 0 Å². The van der Waals surface area contributed by atoms with Crippen molar-refractivity contribution in [3.63, 3.8) is 0 Å². The zero-order valence-electron chi connectivity index (χ0n) is 20.1. The number of nitrogens with zero attached hydrogens (tertiary/aromatic N) is 2. The summed E-state index contributed by atoms with van der Waals surface area (Å²) in [5.74, 6) is 0.808. The second-order valence-corrected chi connectivity index (χ2v) is 8.83. The van der Waals surface area contributed by atoms with Gasteiger partial charge in [0.2, 0.25) is 0 Å². The van der Waals surface area contributed by atoms with E-state index in [1.165, 1.54) is 0 Å². The second kappa shape index (κ2) is 10.1. The molecule has 1 heterocycles. The molecule has 2 N–H and O–H groups in total. The van der Waals surface area contributed by atoms with Gasteiger partial charge in [-0.3, -0.25) is 0 Å². The number of benzene rings is 4. The van der Waals surface area contributed by atoms with Crippen LogP contribution in [-0.2, 0) is 0 Å². The molecule has 0 radical (unpaired) electrons. The minimum absolute atomic E-state index is 0.280. The zero-order valence-corrected chi connectivity index (χ0v) is 20.1. The lowest BCUT2D eigenvalue weighted by atomic mass is 9.97. The number of carbonyl (C=O) groups excluding carboxylic acids is 1. The highest BCUT2D eigenvalue weighted by Crippen LogP contribution is 2.34.